The Labute approximate surface area is 231 Å². The molecule has 212 valence electrons. The lowest BCUT2D eigenvalue weighted by atomic mass is 10.0. The fraction of sp³-hybridized carbons (Fsp3) is 0.345. The van der Waals surface area contributed by atoms with Crippen molar-refractivity contribution in [3.05, 3.63) is 88.7 Å². The van der Waals surface area contributed by atoms with Crippen molar-refractivity contribution in [2.24, 2.45) is 0 Å². The molecule has 3 aromatic rings. The number of nitrogens with one attached hydrogen (secondary N) is 2. The van der Waals surface area contributed by atoms with Gasteiger partial charge >= 0.3 is 6.18 Å². The van der Waals surface area contributed by atoms with Gasteiger partial charge in [-0.2, -0.15) is 13.2 Å². The first kappa shape index (κ1) is 29.0. The molecule has 1 saturated heterocycles. The third-order valence-electron chi connectivity index (χ3n) is 6.68. The molecule has 0 radical (unpaired) electrons. The van der Waals surface area contributed by atoms with E-state index >= 15 is 0 Å². The molecule has 0 bridgehead atoms. The molecule has 2 amide bonds. The predicted molar refractivity (Wildman–Crippen MR) is 145 cm³/mol. The normalized spacial score (nSPS) is 14.5. The fourth-order valence-corrected chi connectivity index (χ4v) is 4.33. The number of amides is 2. The number of hydrogen-bond acceptors (Lipinski definition) is 6. The first-order chi connectivity index (χ1) is 19.1. The summed E-state index contributed by atoms with van der Waals surface area (Å²) in [6, 6.07) is 12.0. The number of likely N-dealkylation sites (N-methyl/N-ethyl adjacent to an activating group) is 1. The van der Waals surface area contributed by atoms with Crippen molar-refractivity contribution >= 4 is 17.5 Å². The number of hydrogen-bond donors (Lipinski definition) is 2. The number of ether oxygens (including phenoxy) is 1. The van der Waals surface area contributed by atoms with Crippen LogP contribution >= 0.6 is 0 Å². The van der Waals surface area contributed by atoms with Crippen molar-refractivity contribution in [1.29, 1.82) is 0 Å². The van der Waals surface area contributed by atoms with Gasteiger partial charge in [0, 0.05) is 62.4 Å². The Morgan fingerprint density at radius 2 is 1.77 bits per heavy atom. The summed E-state index contributed by atoms with van der Waals surface area (Å²) in [5.41, 5.74) is 0.861. The molecular formula is C29H32F3N5O3. The zero-order chi connectivity index (χ0) is 28.7. The molecule has 1 aliphatic rings. The molecule has 4 rings (SSSR count). The van der Waals surface area contributed by atoms with Crippen molar-refractivity contribution in [3.8, 4) is 5.75 Å². The van der Waals surface area contributed by atoms with Crippen LogP contribution in [-0.2, 0) is 12.7 Å². The van der Waals surface area contributed by atoms with Gasteiger partial charge in [0.1, 0.15) is 12.4 Å². The van der Waals surface area contributed by atoms with Crippen molar-refractivity contribution in [1.82, 2.24) is 20.1 Å². The molecule has 1 aromatic heterocycles. The first-order valence-electron chi connectivity index (χ1n) is 12.9. The zero-order valence-corrected chi connectivity index (χ0v) is 22.4. The molecular weight excluding hydrogens is 523 g/mol. The van der Waals surface area contributed by atoms with E-state index in [-0.39, 0.29) is 36.7 Å². The smallest absolute Gasteiger partial charge is 0.416 e. The lowest BCUT2D eigenvalue weighted by Crippen LogP contribution is -2.44. The quantitative estimate of drug-likeness (QED) is 0.385. The summed E-state index contributed by atoms with van der Waals surface area (Å²) in [6.07, 6.45) is -1.55. The molecule has 2 N–H and O–H groups in total. The van der Waals surface area contributed by atoms with E-state index in [1.165, 1.54) is 18.3 Å². The van der Waals surface area contributed by atoms with Crippen LogP contribution < -0.4 is 15.4 Å². The minimum absolute atomic E-state index is 0.0874. The van der Waals surface area contributed by atoms with E-state index in [0.717, 1.165) is 24.7 Å². The molecule has 40 heavy (non-hydrogen) atoms. The number of aryl methyl sites for hydroxylation is 1. The Morgan fingerprint density at radius 1 is 1.00 bits per heavy atom. The maximum Gasteiger partial charge on any atom is 0.416 e. The van der Waals surface area contributed by atoms with Crippen molar-refractivity contribution in [2.45, 2.75) is 19.6 Å². The van der Waals surface area contributed by atoms with E-state index in [0.29, 0.717) is 30.1 Å². The lowest BCUT2D eigenvalue weighted by molar-refractivity contribution is -0.138. The van der Waals surface area contributed by atoms with Gasteiger partial charge in [0.25, 0.3) is 11.8 Å². The molecule has 11 heteroatoms. The predicted octanol–water partition coefficient (Wildman–Crippen LogP) is 4.22. The van der Waals surface area contributed by atoms with Gasteiger partial charge in [0.2, 0.25) is 0 Å². The van der Waals surface area contributed by atoms with Crippen LogP contribution in [0.4, 0.5) is 18.9 Å². The Morgan fingerprint density at radius 3 is 2.48 bits per heavy atom. The van der Waals surface area contributed by atoms with Gasteiger partial charge in [0.15, 0.2) is 0 Å². The second-order valence-corrected chi connectivity index (χ2v) is 9.73. The van der Waals surface area contributed by atoms with E-state index in [4.69, 9.17) is 4.74 Å². The van der Waals surface area contributed by atoms with Gasteiger partial charge in [0.05, 0.1) is 17.7 Å². The number of alkyl halides is 3. The third kappa shape index (κ3) is 7.80. The molecule has 8 nitrogen and oxygen atoms in total. The third-order valence-corrected chi connectivity index (χ3v) is 6.68. The Hall–Kier alpha value is -3.96. The van der Waals surface area contributed by atoms with E-state index in [2.05, 4.69) is 20.5 Å². The van der Waals surface area contributed by atoms with Crippen LogP contribution in [0.15, 0.2) is 60.9 Å². The minimum atomic E-state index is -4.59. The number of pyridine rings is 1. The van der Waals surface area contributed by atoms with Crippen molar-refractivity contribution < 1.29 is 27.5 Å². The first-order valence-corrected chi connectivity index (χ1v) is 12.9. The van der Waals surface area contributed by atoms with Crippen LogP contribution in [-0.4, -0.2) is 73.0 Å². The van der Waals surface area contributed by atoms with Crippen LogP contribution in [0.3, 0.4) is 0 Å². The maximum atomic E-state index is 13.9. The van der Waals surface area contributed by atoms with E-state index in [1.54, 1.807) is 36.5 Å². The summed E-state index contributed by atoms with van der Waals surface area (Å²) < 4.78 is 47.5. The summed E-state index contributed by atoms with van der Waals surface area (Å²) in [5.74, 6) is -0.454. The number of aromatic nitrogens is 1. The van der Waals surface area contributed by atoms with Crippen LogP contribution in [0.1, 0.15) is 37.4 Å². The standard InChI is InChI=1S/C29H32F3N5O3/c1-20-5-8-24(17-26(20)40-15-10-34-27(38)22-4-3-9-33-18-22)35-28(39)21-6-7-23(25(16-21)29(30,31)32)19-37-13-11-36(2)12-14-37/h3-9,16-18H,10-15,19H2,1-2H3,(H,34,38)(H,35,39). The Bertz CT molecular complexity index is 1330. The molecule has 0 spiro atoms. The van der Waals surface area contributed by atoms with Gasteiger partial charge in [-0.3, -0.25) is 19.5 Å². The average molecular weight is 556 g/mol. The van der Waals surface area contributed by atoms with Crippen molar-refractivity contribution in [3.63, 3.8) is 0 Å². The summed E-state index contributed by atoms with van der Waals surface area (Å²) in [5, 5.41) is 5.40. The monoisotopic (exact) mass is 555 g/mol. The lowest BCUT2D eigenvalue weighted by Gasteiger charge is -2.33. The molecule has 0 aliphatic carbocycles. The topological polar surface area (TPSA) is 86.8 Å². The summed E-state index contributed by atoms with van der Waals surface area (Å²) in [7, 11) is 1.99. The van der Waals surface area contributed by atoms with E-state index < -0.39 is 17.6 Å². The number of carbonyl (C=O) groups excluding carboxylic acids is 2. The molecule has 0 saturated carbocycles. The highest BCUT2D eigenvalue weighted by Crippen LogP contribution is 2.34. The molecule has 1 fully saturated rings. The van der Waals surface area contributed by atoms with E-state index in [1.807, 2.05) is 18.9 Å². The number of benzene rings is 2. The highest BCUT2D eigenvalue weighted by molar-refractivity contribution is 6.04. The Kier molecular flexibility index (Phi) is 9.38. The largest absolute Gasteiger partial charge is 0.491 e. The number of piperazine rings is 1. The van der Waals surface area contributed by atoms with Crippen LogP contribution in [0, 0.1) is 6.92 Å². The summed E-state index contributed by atoms with van der Waals surface area (Å²) in [6.45, 7) is 5.37. The highest BCUT2D eigenvalue weighted by atomic mass is 19.4. The van der Waals surface area contributed by atoms with Crippen LogP contribution in [0.25, 0.3) is 0 Å². The van der Waals surface area contributed by atoms with Gasteiger partial charge in [-0.1, -0.05) is 12.1 Å². The summed E-state index contributed by atoms with van der Waals surface area (Å²) in [4.78, 5) is 33.1. The zero-order valence-electron chi connectivity index (χ0n) is 22.4. The van der Waals surface area contributed by atoms with E-state index in [9.17, 15) is 22.8 Å². The van der Waals surface area contributed by atoms with Gasteiger partial charge in [-0.25, -0.2) is 0 Å². The Balaban J connectivity index is 1.38. The van der Waals surface area contributed by atoms with Crippen molar-refractivity contribution in [2.75, 3.05) is 51.7 Å². The molecule has 1 aliphatic heterocycles. The highest BCUT2D eigenvalue weighted by Gasteiger charge is 2.34. The number of rotatable bonds is 9. The number of anilines is 1. The second kappa shape index (κ2) is 12.9. The van der Waals surface area contributed by atoms with Crippen LogP contribution in [0.5, 0.6) is 5.75 Å². The number of nitrogens with zero attached hydrogens (tertiary/aromatic N) is 3. The number of carbonyl (C=O) groups is 2. The van der Waals surface area contributed by atoms with Gasteiger partial charge in [-0.15, -0.1) is 0 Å². The van der Waals surface area contributed by atoms with Gasteiger partial charge < -0.3 is 20.3 Å². The molecule has 2 heterocycles. The molecule has 2 aromatic carbocycles. The SMILES string of the molecule is Cc1ccc(NC(=O)c2ccc(CN3CCN(C)CC3)c(C(F)(F)F)c2)cc1OCCNC(=O)c1cccnc1. The minimum Gasteiger partial charge on any atom is -0.491 e. The maximum absolute atomic E-state index is 13.9. The molecule has 0 atom stereocenters. The summed E-state index contributed by atoms with van der Waals surface area (Å²) >= 11 is 0. The average Bonchev–Trinajstić information content (AvgIpc) is 2.94. The van der Waals surface area contributed by atoms with Crippen LogP contribution in [0.2, 0.25) is 0 Å². The molecule has 0 unspecified atom stereocenters. The van der Waals surface area contributed by atoms with Gasteiger partial charge in [-0.05, 0) is 55.4 Å². The fourth-order valence-electron chi connectivity index (χ4n) is 4.33. The number of halogens is 3. The second-order valence-electron chi connectivity index (χ2n) is 9.73.